The molecule has 0 aliphatic rings. The van der Waals surface area contributed by atoms with Crippen LogP contribution in [0.5, 0.6) is 0 Å². The maximum Gasteiger partial charge on any atom is 0.303 e. The molecule has 0 amide bonds. The molecule has 0 aliphatic carbocycles. The van der Waals surface area contributed by atoms with Crippen LogP contribution in [0, 0.1) is 19.7 Å². The number of hydrogen-bond acceptors (Lipinski definition) is 1. The molecule has 1 aromatic rings. The van der Waals surface area contributed by atoms with Crippen molar-refractivity contribution < 1.29 is 14.3 Å². The van der Waals surface area contributed by atoms with E-state index in [1.54, 1.807) is 26.8 Å². The Balaban J connectivity index is 3.12. The Kier molecular flexibility index (Phi) is 3.45. The minimum Gasteiger partial charge on any atom is -0.481 e. The Hall–Kier alpha value is -1.38. The normalized spacial score (nSPS) is 12.5. The van der Waals surface area contributed by atoms with Crippen molar-refractivity contribution in [1.82, 2.24) is 0 Å². The van der Waals surface area contributed by atoms with E-state index in [0.29, 0.717) is 11.1 Å². The van der Waals surface area contributed by atoms with E-state index in [0.717, 1.165) is 5.56 Å². The molecule has 2 nitrogen and oxygen atoms in total. The monoisotopic (exact) mass is 210 g/mol. The average molecular weight is 210 g/mol. The Morgan fingerprint density at radius 3 is 2.47 bits per heavy atom. The smallest absolute Gasteiger partial charge is 0.303 e. The largest absolute Gasteiger partial charge is 0.481 e. The van der Waals surface area contributed by atoms with Gasteiger partial charge in [0.15, 0.2) is 0 Å². The zero-order valence-corrected chi connectivity index (χ0v) is 9.17. The lowest BCUT2D eigenvalue weighted by Crippen LogP contribution is -2.07. The van der Waals surface area contributed by atoms with Gasteiger partial charge in [0.1, 0.15) is 5.82 Å². The fourth-order valence-corrected chi connectivity index (χ4v) is 1.77. The van der Waals surface area contributed by atoms with E-state index < -0.39 is 5.97 Å². The van der Waals surface area contributed by atoms with Crippen molar-refractivity contribution in [2.75, 3.05) is 0 Å². The molecule has 0 fully saturated rings. The number of halogens is 1. The minimum absolute atomic E-state index is 0.0405. The van der Waals surface area contributed by atoms with Crippen LogP contribution >= 0.6 is 0 Å². The van der Waals surface area contributed by atoms with Crippen LogP contribution < -0.4 is 0 Å². The van der Waals surface area contributed by atoms with Crippen LogP contribution in [-0.4, -0.2) is 11.1 Å². The van der Waals surface area contributed by atoms with Gasteiger partial charge in [-0.25, -0.2) is 4.39 Å². The summed E-state index contributed by atoms with van der Waals surface area (Å²) in [7, 11) is 0. The molecular weight excluding hydrogens is 195 g/mol. The molecule has 82 valence electrons. The lowest BCUT2D eigenvalue weighted by atomic mass is 9.91. The van der Waals surface area contributed by atoms with Crippen molar-refractivity contribution in [2.24, 2.45) is 0 Å². The lowest BCUT2D eigenvalue weighted by Gasteiger charge is -2.15. The van der Waals surface area contributed by atoms with Crippen molar-refractivity contribution in [3.63, 3.8) is 0 Å². The molecule has 1 N–H and O–H groups in total. The standard InChI is InChI=1S/C12H15FO2/c1-7-4-5-8(2)12(13)11(7)9(3)6-10(14)15/h4-5,9H,6H2,1-3H3,(H,14,15). The molecule has 0 radical (unpaired) electrons. The van der Waals surface area contributed by atoms with E-state index in [1.807, 2.05) is 6.07 Å². The third-order valence-electron chi connectivity index (χ3n) is 2.56. The van der Waals surface area contributed by atoms with Crippen LogP contribution in [-0.2, 0) is 4.79 Å². The molecule has 1 aromatic carbocycles. The van der Waals surface area contributed by atoms with E-state index in [-0.39, 0.29) is 18.2 Å². The van der Waals surface area contributed by atoms with Gasteiger partial charge in [0.2, 0.25) is 0 Å². The van der Waals surface area contributed by atoms with Gasteiger partial charge < -0.3 is 5.11 Å². The summed E-state index contributed by atoms with van der Waals surface area (Å²) >= 11 is 0. The number of benzene rings is 1. The highest BCUT2D eigenvalue weighted by Gasteiger charge is 2.17. The Bertz CT molecular complexity index is 385. The van der Waals surface area contributed by atoms with Crippen molar-refractivity contribution in [3.8, 4) is 0 Å². The van der Waals surface area contributed by atoms with E-state index in [4.69, 9.17) is 5.11 Å². The first-order valence-electron chi connectivity index (χ1n) is 4.91. The molecule has 0 spiro atoms. The fraction of sp³-hybridized carbons (Fsp3) is 0.417. The third kappa shape index (κ3) is 2.55. The molecule has 0 saturated heterocycles. The zero-order valence-electron chi connectivity index (χ0n) is 9.17. The predicted octanol–water partition coefficient (Wildman–Crippen LogP) is 3.02. The predicted molar refractivity (Wildman–Crippen MR) is 56.5 cm³/mol. The van der Waals surface area contributed by atoms with Gasteiger partial charge >= 0.3 is 5.97 Å². The molecular formula is C12H15FO2. The lowest BCUT2D eigenvalue weighted by molar-refractivity contribution is -0.137. The number of carbonyl (C=O) groups is 1. The summed E-state index contributed by atoms with van der Waals surface area (Å²) in [5.74, 6) is -1.46. The first kappa shape index (κ1) is 11.7. The van der Waals surface area contributed by atoms with Gasteiger partial charge in [-0.3, -0.25) is 4.79 Å². The molecule has 1 unspecified atom stereocenters. The second kappa shape index (κ2) is 4.43. The highest BCUT2D eigenvalue weighted by Crippen LogP contribution is 2.27. The van der Waals surface area contributed by atoms with Crippen LogP contribution in [0.1, 0.15) is 36.0 Å². The molecule has 0 saturated carbocycles. The van der Waals surface area contributed by atoms with Crippen molar-refractivity contribution >= 4 is 5.97 Å². The van der Waals surface area contributed by atoms with Crippen LogP contribution in [0.15, 0.2) is 12.1 Å². The quantitative estimate of drug-likeness (QED) is 0.832. The van der Waals surface area contributed by atoms with E-state index >= 15 is 0 Å². The van der Waals surface area contributed by atoms with E-state index in [2.05, 4.69) is 0 Å². The summed E-state index contributed by atoms with van der Waals surface area (Å²) in [6.07, 6.45) is -0.0405. The summed E-state index contributed by atoms with van der Waals surface area (Å²) < 4.78 is 13.8. The van der Waals surface area contributed by atoms with Gasteiger partial charge in [-0.2, -0.15) is 0 Å². The Morgan fingerprint density at radius 2 is 1.93 bits per heavy atom. The Morgan fingerprint density at radius 1 is 1.40 bits per heavy atom. The van der Waals surface area contributed by atoms with E-state index in [9.17, 15) is 9.18 Å². The molecule has 0 heterocycles. The van der Waals surface area contributed by atoms with Crippen LogP contribution in [0.25, 0.3) is 0 Å². The molecule has 3 heteroatoms. The fourth-order valence-electron chi connectivity index (χ4n) is 1.77. The highest BCUT2D eigenvalue weighted by molar-refractivity contribution is 5.68. The molecule has 0 aliphatic heterocycles. The first-order chi connectivity index (χ1) is 6.93. The van der Waals surface area contributed by atoms with Gasteiger partial charge in [-0.15, -0.1) is 0 Å². The maximum atomic E-state index is 13.8. The van der Waals surface area contributed by atoms with Gasteiger partial charge in [0, 0.05) is 0 Å². The molecule has 0 aromatic heterocycles. The summed E-state index contributed by atoms with van der Waals surface area (Å²) in [5.41, 5.74) is 1.90. The third-order valence-corrected chi connectivity index (χ3v) is 2.56. The number of rotatable bonds is 3. The highest BCUT2D eigenvalue weighted by atomic mass is 19.1. The van der Waals surface area contributed by atoms with Crippen LogP contribution in [0.3, 0.4) is 0 Å². The van der Waals surface area contributed by atoms with E-state index in [1.165, 1.54) is 0 Å². The summed E-state index contributed by atoms with van der Waals surface area (Å²) in [6, 6.07) is 3.54. The van der Waals surface area contributed by atoms with Gasteiger partial charge in [-0.1, -0.05) is 19.1 Å². The van der Waals surface area contributed by atoms with Crippen molar-refractivity contribution in [1.29, 1.82) is 0 Å². The summed E-state index contributed by atoms with van der Waals surface area (Å²) in [4.78, 5) is 10.6. The SMILES string of the molecule is Cc1ccc(C)c(C(C)CC(=O)O)c1F. The number of hydrogen-bond donors (Lipinski definition) is 1. The maximum absolute atomic E-state index is 13.8. The van der Waals surface area contributed by atoms with Gasteiger partial charge in [0.05, 0.1) is 6.42 Å². The summed E-state index contributed by atoms with van der Waals surface area (Å²) in [5, 5.41) is 8.67. The van der Waals surface area contributed by atoms with Crippen molar-refractivity contribution in [3.05, 3.63) is 34.6 Å². The first-order valence-corrected chi connectivity index (χ1v) is 4.91. The van der Waals surface area contributed by atoms with Crippen LogP contribution in [0.2, 0.25) is 0 Å². The molecule has 15 heavy (non-hydrogen) atoms. The number of carboxylic acid groups (broad SMARTS) is 1. The number of aryl methyl sites for hydroxylation is 2. The number of aliphatic carboxylic acids is 1. The molecule has 1 rings (SSSR count). The van der Waals surface area contributed by atoms with Crippen molar-refractivity contribution in [2.45, 2.75) is 33.1 Å². The zero-order chi connectivity index (χ0) is 11.6. The van der Waals surface area contributed by atoms with Gasteiger partial charge in [0.25, 0.3) is 0 Å². The number of carboxylic acids is 1. The second-order valence-electron chi connectivity index (χ2n) is 3.93. The molecule has 0 bridgehead atoms. The van der Waals surface area contributed by atoms with Crippen LogP contribution in [0.4, 0.5) is 4.39 Å². The second-order valence-corrected chi connectivity index (χ2v) is 3.93. The topological polar surface area (TPSA) is 37.3 Å². The summed E-state index contributed by atoms with van der Waals surface area (Å²) in [6.45, 7) is 5.22. The minimum atomic E-state index is -0.900. The van der Waals surface area contributed by atoms with Gasteiger partial charge in [-0.05, 0) is 36.5 Å². The molecule has 1 atom stereocenters. The Labute approximate surface area is 88.7 Å². The average Bonchev–Trinajstić information content (AvgIpc) is 2.11.